The predicted molar refractivity (Wildman–Crippen MR) is 38.8 cm³/mol. The molecule has 56 valence electrons. The number of hydrogen-bond acceptors (Lipinski definition) is 2. The number of hydrogen-bond donors (Lipinski definition) is 1. The zero-order chi connectivity index (χ0) is 8.27. The summed E-state index contributed by atoms with van der Waals surface area (Å²) in [6.07, 6.45) is 0.672. The Morgan fingerprint density at radius 1 is 1.27 bits per heavy atom. The quantitative estimate of drug-likeness (QED) is 0.642. The van der Waals surface area contributed by atoms with Gasteiger partial charge in [0.25, 0.3) is 0 Å². The maximum Gasteiger partial charge on any atom is 0.335 e. The van der Waals surface area contributed by atoms with Gasteiger partial charge in [-0.3, -0.25) is 4.79 Å². The Labute approximate surface area is 63.3 Å². The van der Waals surface area contributed by atoms with E-state index in [4.69, 9.17) is 5.11 Å². The van der Waals surface area contributed by atoms with Crippen LogP contribution in [0.15, 0.2) is 24.3 Å². The van der Waals surface area contributed by atoms with Crippen LogP contribution in [0.2, 0.25) is 0 Å². The number of aldehydes is 1. The van der Waals surface area contributed by atoms with Gasteiger partial charge in [-0.2, -0.15) is 0 Å². The highest BCUT2D eigenvalue weighted by Crippen LogP contribution is 2.01. The van der Waals surface area contributed by atoms with Crippen molar-refractivity contribution in [3.63, 3.8) is 0 Å². The summed E-state index contributed by atoms with van der Waals surface area (Å²) in [7, 11) is 0. The second-order valence-electron chi connectivity index (χ2n) is 2.05. The fraction of sp³-hybridized carbons (Fsp3) is 0. The highest BCUT2D eigenvalue weighted by molar-refractivity contribution is 5.88. The fourth-order valence-corrected chi connectivity index (χ4v) is 0.704. The first kappa shape index (κ1) is 7.47. The molecule has 0 bridgehead atoms. The lowest BCUT2D eigenvalue weighted by atomic mass is 9.94. The number of rotatable bonds is 2. The molecule has 1 aromatic rings. The second-order valence-corrected chi connectivity index (χ2v) is 2.05. The van der Waals surface area contributed by atoms with Gasteiger partial charge in [-0.05, 0) is 12.1 Å². The van der Waals surface area contributed by atoms with Crippen LogP contribution in [0.5, 0.6) is 0 Å². The zero-order valence-corrected chi connectivity index (χ0v) is 5.65. The molecular formula is C8H6O3. The minimum absolute atomic E-state index is 0.190. The van der Waals surface area contributed by atoms with E-state index < -0.39 is 5.97 Å². The van der Waals surface area contributed by atoms with E-state index in [1.165, 1.54) is 24.3 Å². The number of benzene rings is 1. The van der Waals surface area contributed by atoms with Crippen LogP contribution >= 0.6 is 0 Å². The highest BCUT2D eigenvalue weighted by atomic mass is 16.3. The molecule has 0 spiro atoms. The Balaban J connectivity index is 3.00. The van der Waals surface area contributed by atoms with Gasteiger partial charge >= 0.3 is 5.97 Å². The lowest BCUT2D eigenvalue weighted by molar-refractivity contribution is 0.0696. The van der Waals surface area contributed by atoms with Crippen LogP contribution in [0.3, 0.4) is 0 Å². The van der Waals surface area contributed by atoms with Crippen molar-refractivity contribution in [2.75, 3.05) is 0 Å². The van der Waals surface area contributed by atoms with E-state index in [0.29, 0.717) is 11.8 Å². The predicted octanol–water partition coefficient (Wildman–Crippen LogP) is 1.20. The first-order chi connectivity index (χ1) is 5.24. The molecule has 1 aromatic carbocycles. The Hall–Kier alpha value is -1.64. The van der Waals surface area contributed by atoms with Crippen LogP contribution in [-0.4, -0.2) is 17.4 Å². The maximum atomic E-state index is 10.3. The summed E-state index contributed by atoms with van der Waals surface area (Å²) in [6, 6.07) is 5.73. The number of carbonyl (C=O) groups excluding carboxylic acids is 1. The lowest BCUT2D eigenvalue weighted by Gasteiger charge is -1.92. The molecule has 1 rings (SSSR count). The normalized spacial score (nSPS) is 9.09. The molecule has 0 saturated heterocycles. The summed E-state index contributed by atoms with van der Waals surface area (Å²) in [5.41, 5.74) is 0.672. The molecule has 0 atom stereocenters. The Bertz CT molecular complexity index is 274. The average Bonchev–Trinajstić information content (AvgIpc) is 2.05. The minimum Gasteiger partial charge on any atom is -0.478 e. The molecule has 0 aliphatic heterocycles. The molecule has 11 heavy (non-hydrogen) atoms. The first-order valence-electron chi connectivity index (χ1n) is 3.02. The molecule has 0 fully saturated rings. The number of carboxylic acid groups (broad SMARTS) is 1. The highest BCUT2D eigenvalue weighted by Gasteiger charge is 1.99. The SMILES string of the molecule is O=Cc1ccc([11C](=O)O)cc1. The fourth-order valence-electron chi connectivity index (χ4n) is 0.704. The van der Waals surface area contributed by atoms with Crippen molar-refractivity contribution in [1.29, 1.82) is 0 Å². The molecular weight excluding hydrogens is 143 g/mol. The van der Waals surface area contributed by atoms with Gasteiger partial charge < -0.3 is 5.11 Å². The summed E-state index contributed by atoms with van der Waals surface area (Å²) in [5, 5.41) is 8.46. The van der Waals surface area contributed by atoms with E-state index in [1.54, 1.807) is 0 Å². The molecule has 0 saturated carbocycles. The topological polar surface area (TPSA) is 54.4 Å². The van der Waals surface area contributed by atoms with Gasteiger partial charge in [0, 0.05) is 5.56 Å². The number of carbonyl (C=O) groups is 2. The Morgan fingerprint density at radius 2 is 1.82 bits per heavy atom. The minimum atomic E-state index is -0.984. The van der Waals surface area contributed by atoms with Crippen LogP contribution in [0.1, 0.15) is 20.7 Å². The third-order valence-corrected chi connectivity index (χ3v) is 1.29. The van der Waals surface area contributed by atoms with E-state index >= 15 is 0 Å². The van der Waals surface area contributed by atoms with Crippen molar-refractivity contribution >= 4 is 12.3 Å². The molecule has 0 aliphatic rings. The van der Waals surface area contributed by atoms with E-state index in [1.807, 2.05) is 0 Å². The van der Waals surface area contributed by atoms with Gasteiger partial charge in [0.15, 0.2) is 0 Å². The largest absolute Gasteiger partial charge is 0.478 e. The van der Waals surface area contributed by atoms with Gasteiger partial charge in [0.2, 0.25) is 0 Å². The van der Waals surface area contributed by atoms with Crippen molar-refractivity contribution in [3.05, 3.63) is 35.4 Å². The number of aromatic carboxylic acids is 1. The van der Waals surface area contributed by atoms with E-state index in [-0.39, 0.29) is 5.56 Å². The van der Waals surface area contributed by atoms with Crippen LogP contribution in [0.4, 0.5) is 0 Å². The Morgan fingerprint density at radius 3 is 2.18 bits per heavy atom. The molecule has 0 heterocycles. The Kier molecular flexibility index (Phi) is 2.01. The summed E-state index contributed by atoms with van der Waals surface area (Å²) >= 11 is 0. The van der Waals surface area contributed by atoms with Crippen molar-refractivity contribution in [2.24, 2.45) is 0 Å². The first-order valence-corrected chi connectivity index (χ1v) is 3.02. The lowest BCUT2D eigenvalue weighted by Crippen LogP contribution is -1.95. The number of carboxylic acids is 1. The van der Waals surface area contributed by atoms with Crippen LogP contribution < -0.4 is 0 Å². The van der Waals surface area contributed by atoms with Gasteiger partial charge in [-0.1, -0.05) is 12.1 Å². The van der Waals surface area contributed by atoms with Crippen molar-refractivity contribution in [3.8, 4) is 0 Å². The molecule has 1 N–H and O–H groups in total. The zero-order valence-electron chi connectivity index (χ0n) is 5.65. The summed E-state index contributed by atoms with van der Waals surface area (Å²) in [5.74, 6) is -0.984. The maximum absolute atomic E-state index is 10.3. The summed E-state index contributed by atoms with van der Waals surface area (Å²) < 4.78 is 0. The van der Waals surface area contributed by atoms with E-state index in [0.717, 1.165) is 0 Å². The molecule has 3 heteroatoms. The standard InChI is InChI=1S/C8H6O3/c9-5-6-1-3-7(4-2-6)8(10)11/h1-5H,(H,10,11)/i8-1. The van der Waals surface area contributed by atoms with Gasteiger partial charge in [0.1, 0.15) is 6.29 Å². The average molecular weight is 149 g/mol. The van der Waals surface area contributed by atoms with Gasteiger partial charge in [0.05, 0.1) is 5.56 Å². The summed E-state index contributed by atoms with van der Waals surface area (Å²) in [6.45, 7) is 0. The third-order valence-electron chi connectivity index (χ3n) is 1.29. The van der Waals surface area contributed by atoms with Crippen molar-refractivity contribution in [2.45, 2.75) is 0 Å². The van der Waals surface area contributed by atoms with Gasteiger partial charge in [-0.25, -0.2) is 4.79 Å². The third kappa shape index (κ3) is 1.64. The molecule has 0 aliphatic carbocycles. The second kappa shape index (κ2) is 2.96. The van der Waals surface area contributed by atoms with Crippen LogP contribution in [-0.2, 0) is 0 Å². The van der Waals surface area contributed by atoms with Crippen LogP contribution in [0.25, 0.3) is 0 Å². The van der Waals surface area contributed by atoms with E-state index in [2.05, 4.69) is 0 Å². The molecule has 0 radical (unpaired) electrons. The molecule has 0 unspecified atom stereocenters. The smallest absolute Gasteiger partial charge is 0.335 e. The van der Waals surface area contributed by atoms with Crippen molar-refractivity contribution in [1.82, 2.24) is 0 Å². The van der Waals surface area contributed by atoms with Crippen LogP contribution in [0, 0.1) is 0 Å². The van der Waals surface area contributed by atoms with Gasteiger partial charge in [-0.15, -0.1) is 0 Å². The van der Waals surface area contributed by atoms with E-state index in [9.17, 15) is 9.59 Å². The van der Waals surface area contributed by atoms with Crippen molar-refractivity contribution < 1.29 is 14.7 Å². The monoisotopic (exact) mass is 149 g/mol. The molecule has 0 aromatic heterocycles. The molecule has 0 amide bonds. The summed E-state index contributed by atoms with van der Waals surface area (Å²) in [4.78, 5) is 20.5. The molecule has 3 nitrogen and oxygen atoms in total.